The molecule has 0 fully saturated rings. The number of rotatable bonds is 5. The molecular formula is C10H15N5O. The van der Waals surface area contributed by atoms with Gasteiger partial charge in [-0.05, 0) is 6.92 Å². The number of aromatic nitrogens is 4. The Bertz CT molecular complexity index is 434. The molecule has 0 saturated carbocycles. The number of nitrogens with one attached hydrogen (secondary N) is 2. The van der Waals surface area contributed by atoms with Crippen molar-refractivity contribution >= 4 is 11.6 Å². The highest BCUT2D eigenvalue weighted by molar-refractivity contribution is 5.51. The molecule has 0 unspecified atom stereocenters. The van der Waals surface area contributed by atoms with Gasteiger partial charge < -0.3 is 14.6 Å². The van der Waals surface area contributed by atoms with Gasteiger partial charge in [0.15, 0.2) is 0 Å². The van der Waals surface area contributed by atoms with Crippen LogP contribution in [0.1, 0.15) is 5.69 Å². The number of aryl methyl sites for hydroxylation is 1. The van der Waals surface area contributed by atoms with Crippen LogP contribution < -0.4 is 5.32 Å². The smallest absolute Gasteiger partial charge is 0.207 e. The van der Waals surface area contributed by atoms with Crippen LogP contribution >= 0.6 is 0 Å². The molecular weight excluding hydrogens is 206 g/mol. The average Bonchev–Trinajstić information content (AvgIpc) is 2.86. The molecule has 0 aliphatic rings. The van der Waals surface area contributed by atoms with Gasteiger partial charge in [0.05, 0.1) is 24.2 Å². The predicted molar refractivity (Wildman–Crippen MR) is 60.7 cm³/mol. The van der Waals surface area contributed by atoms with Gasteiger partial charge in [-0.1, -0.05) is 0 Å². The van der Waals surface area contributed by atoms with Crippen LogP contribution in [0.3, 0.4) is 0 Å². The molecule has 0 aliphatic carbocycles. The van der Waals surface area contributed by atoms with Crippen molar-refractivity contribution in [3.05, 3.63) is 24.3 Å². The molecule has 0 spiro atoms. The van der Waals surface area contributed by atoms with E-state index in [-0.39, 0.29) is 0 Å². The van der Waals surface area contributed by atoms with Gasteiger partial charge in [-0.15, -0.1) is 0 Å². The van der Waals surface area contributed by atoms with Crippen molar-refractivity contribution in [2.24, 2.45) is 0 Å². The number of imidazole rings is 1. The van der Waals surface area contributed by atoms with Crippen LogP contribution in [0.25, 0.3) is 0 Å². The van der Waals surface area contributed by atoms with Crippen LogP contribution in [-0.2, 0) is 11.3 Å². The first kappa shape index (κ1) is 10.7. The zero-order valence-corrected chi connectivity index (χ0v) is 9.40. The van der Waals surface area contributed by atoms with Gasteiger partial charge in [0.2, 0.25) is 5.95 Å². The van der Waals surface area contributed by atoms with E-state index < -0.39 is 0 Å². The number of methoxy groups -OCH3 is 1. The molecule has 6 heteroatoms. The monoisotopic (exact) mass is 221 g/mol. The Labute approximate surface area is 93.6 Å². The highest BCUT2D eigenvalue weighted by atomic mass is 16.5. The van der Waals surface area contributed by atoms with Crippen LogP contribution in [0.2, 0.25) is 0 Å². The molecule has 2 N–H and O–H groups in total. The largest absolute Gasteiger partial charge is 0.383 e. The van der Waals surface area contributed by atoms with E-state index in [1.54, 1.807) is 19.5 Å². The molecule has 0 aliphatic heterocycles. The summed E-state index contributed by atoms with van der Waals surface area (Å²) in [5.74, 6) is 0.802. The van der Waals surface area contributed by atoms with Crippen molar-refractivity contribution < 1.29 is 4.74 Å². The lowest BCUT2D eigenvalue weighted by Gasteiger charge is -2.07. The molecule has 2 heterocycles. The highest BCUT2D eigenvalue weighted by Gasteiger charge is 2.05. The second kappa shape index (κ2) is 4.80. The zero-order valence-electron chi connectivity index (χ0n) is 9.40. The third kappa shape index (κ3) is 2.40. The quantitative estimate of drug-likeness (QED) is 0.798. The Kier molecular flexibility index (Phi) is 3.21. The number of H-pyrrole nitrogens is 1. The lowest BCUT2D eigenvalue weighted by Crippen LogP contribution is -2.06. The number of nitrogens with zero attached hydrogens (tertiary/aromatic N) is 3. The van der Waals surface area contributed by atoms with Gasteiger partial charge in [-0.2, -0.15) is 5.10 Å². The molecule has 6 nitrogen and oxygen atoms in total. The third-order valence-electron chi connectivity index (χ3n) is 2.19. The summed E-state index contributed by atoms with van der Waals surface area (Å²) in [4.78, 5) is 4.39. The highest BCUT2D eigenvalue weighted by Crippen LogP contribution is 2.14. The minimum atomic E-state index is 0.663. The molecule has 16 heavy (non-hydrogen) atoms. The molecule has 0 radical (unpaired) electrons. The summed E-state index contributed by atoms with van der Waals surface area (Å²) in [7, 11) is 1.69. The van der Waals surface area contributed by atoms with Crippen molar-refractivity contribution in [1.82, 2.24) is 19.7 Å². The first-order valence-electron chi connectivity index (χ1n) is 5.08. The van der Waals surface area contributed by atoms with Gasteiger partial charge in [-0.3, -0.25) is 5.10 Å². The predicted octanol–water partition coefficient (Wildman–Crippen LogP) is 1.30. The molecule has 0 saturated heterocycles. The lowest BCUT2D eigenvalue weighted by molar-refractivity contribution is 0.188. The van der Waals surface area contributed by atoms with Crippen LogP contribution in [-0.4, -0.2) is 33.5 Å². The normalized spacial score (nSPS) is 10.6. The van der Waals surface area contributed by atoms with Crippen molar-refractivity contribution in [3.63, 3.8) is 0 Å². The molecule has 0 amide bonds. The van der Waals surface area contributed by atoms with Crippen molar-refractivity contribution in [2.75, 3.05) is 19.0 Å². The Hall–Kier alpha value is -1.82. The maximum absolute atomic E-state index is 5.05. The summed E-state index contributed by atoms with van der Waals surface area (Å²) in [5.41, 5.74) is 1.87. The van der Waals surface area contributed by atoms with E-state index >= 15 is 0 Å². The Morgan fingerprint density at radius 1 is 1.56 bits per heavy atom. The second-order valence-corrected chi connectivity index (χ2v) is 3.50. The Morgan fingerprint density at radius 2 is 2.44 bits per heavy atom. The van der Waals surface area contributed by atoms with Gasteiger partial charge in [0.1, 0.15) is 0 Å². The summed E-state index contributed by atoms with van der Waals surface area (Å²) < 4.78 is 7.07. The number of hydrogen-bond donors (Lipinski definition) is 2. The molecule has 2 aromatic rings. The van der Waals surface area contributed by atoms with E-state index in [1.807, 2.05) is 17.7 Å². The summed E-state index contributed by atoms with van der Waals surface area (Å²) in [6.07, 6.45) is 5.48. The van der Waals surface area contributed by atoms with E-state index in [1.165, 1.54) is 0 Å². The number of aromatic amines is 1. The fraction of sp³-hybridized carbons (Fsp3) is 0.400. The summed E-state index contributed by atoms with van der Waals surface area (Å²) in [6.45, 7) is 3.40. The topological polar surface area (TPSA) is 67.8 Å². The van der Waals surface area contributed by atoms with Gasteiger partial charge in [0, 0.05) is 26.0 Å². The zero-order chi connectivity index (χ0) is 11.4. The lowest BCUT2D eigenvalue weighted by atomic mass is 10.5. The number of anilines is 2. The first-order chi connectivity index (χ1) is 7.79. The minimum absolute atomic E-state index is 0.663. The first-order valence-corrected chi connectivity index (χ1v) is 5.08. The third-order valence-corrected chi connectivity index (χ3v) is 2.19. The molecule has 86 valence electrons. The van der Waals surface area contributed by atoms with E-state index in [0.717, 1.165) is 23.9 Å². The van der Waals surface area contributed by atoms with E-state index in [0.29, 0.717) is 6.61 Å². The maximum Gasteiger partial charge on any atom is 0.207 e. The van der Waals surface area contributed by atoms with E-state index in [4.69, 9.17) is 4.74 Å². The Morgan fingerprint density at radius 3 is 3.12 bits per heavy atom. The van der Waals surface area contributed by atoms with Crippen molar-refractivity contribution in [3.8, 4) is 0 Å². The molecule has 2 aromatic heterocycles. The maximum atomic E-state index is 5.05. The number of ether oxygens (including phenoxy) is 1. The molecule has 0 bridgehead atoms. The van der Waals surface area contributed by atoms with Gasteiger partial charge in [-0.25, -0.2) is 4.98 Å². The average molecular weight is 221 g/mol. The fourth-order valence-corrected chi connectivity index (χ4v) is 1.45. The summed E-state index contributed by atoms with van der Waals surface area (Å²) >= 11 is 0. The van der Waals surface area contributed by atoms with Crippen LogP contribution in [0, 0.1) is 6.92 Å². The van der Waals surface area contributed by atoms with Gasteiger partial charge >= 0.3 is 0 Å². The summed E-state index contributed by atoms with van der Waals surface area (Å²) in [6, 6.07) is 0. The fourth-order valence-electron chi connectivity index (χ4n) is 1.45. The molecule has 0 atom stereocenters. The van der Waals surface area contributed by atoms with Crippen LogP contribution in [0.5, 0.6) is 0 Å². The Balaban J connectivity index is 2.12. The SMILES string of the molecule is COCCn1cc(C)nc1Nc1cn[nH]c1. The minimum Gasteiger partial charge on any atom is -0.383 e. The van der Waals surface area contributed by atoms with Crippen molar-refractivity contribution in [1.29, 1.82) is 0 Å². The van der Waals surface area contributed by atoms with Crippen LogP contribution in [0.4, 0.5) is 11.6 Å². The number of hydrogen-bond acceptors (Lipinski definition) is 4. The standard InChI is InChI=1S/C10H15N5O/c1-8-7-15(3-4-16-2)10(13-8)14-9-5-11-12-6-9/h5-7H,3-4H2,1-2H3,(H,11,12)(H,13,14). The van der Waals surface area contributed by atoms with Crippen LogP contribution in [0.15, 0.2) is 18.6 Å². The van der Waals surface area contributed by atoms with Gasteiger partial charge in [0.25, 0.3) is 0 Å². The van der Waals surface area contributed by atoms with Crippen molar-refractivity contribution in [2.45, 2.75) is 13.5 Å². The molecule has 0 aromatic carbocycles. The van der Waals surface area contributed by atoms with E-state index in [9.17, 15) is 0 Å². The molecule has 2 rings (SSSR count). The summed E-state index contributed by atoms with van der Waals surface area (Å²) in [5, 5.41) is 9.80. The van der Waals surface area contributed by atoms with E-state index in [2.05, 4.69) is 20.5 Å². The second-order valence-electron chi connectivity index (χ2n) is 3.50.